The zero-order chi connectivity index (χ0) is 13.0. The van der Waals surface area contributed by atoms with Gasteiger partial charge in [-0.2, -0.15) is 0 Å². The van der Waals surface area contributed by atoms with Crippen LogP contribution in [0, 0.1) is 0 Å². The SMILES string of the molecule is O=C1C=CC(=O)N1c1ccc(C=CCCO)cc1. The van der Waals surface area contributed by atoms with Gasteiger partial charge in [0.05, 0.1) is 5.69 Å². The Kier molecular flexibility index (Phi) is 3.69. The van der Waals surface area contributed by atoms with Crippen LogP contribution in [0.3, 0.4) is 0 Å². The zero-order valence-electron chi connectivity index (χ0n) is 9.74. The maximum atomic E-state index is 11.5. The first-order chi connectivity index (χ1) is 8.72. The molecule has 4 nitrogen and oxygen atoms in total. The number of benzene rings is 1. The van der Waals surface area contributed by atoms with Crippen LogP contribution in [0.2, 0.25) is 0 Å². The van der Waals surface area contributed by atoms with Crippen molar-refractivity contribution in [1.82, 2.24) is 0 Å². The van der Waals surface area contributed by atoms with Crippen molar-refractivity contribution < 1.29 is 14.7 Å². The van der Waals surface area contributed by atoms with Gasteiger partial charge in [-0.15, -0.1) is 0 Å². The first kappa shape index (κ1) is 12.3. The monoisotopic (exact) mass is 243 g/mol. The van der Waals surface area contributed by atoms with Gasteiger partial charge in [0, 0.05) is 18.8 Å². The maximum absolute atomic E-state index is 11.5. The van der Waals surface area contributed by atoms with Crippen molar-refractivity contribution in [2.24, 2.45) is 0 Å². The second kappa shape index (κ2) is 5.42. The minimum atomic E-state index is -0.316. The smallest absolute Gasteiger partial charge is 0.258 e. The van der Waals surface area contributed by atoms with Gasteiger partial charge in [0.25, 0.3) is 11.8 Å². The second-order valence-electron chi connectivity index (χ2n) is 3.85. The lowest BCUT2D eigenvalue weighted by Gasteiger charge is -2.13. The van der Waals surface area contributed by atoms with Crippen molar-refractivity contribution in [2.75, 3.05) is 11.5 Å². The van der Waals surface area contributed by atoms with E-state index in [1.165, 1.54) is 12.2 Å². The summed E-state index contributed by atoms with van der Waals surface area (Å²) in [7, 11) is 0. The molecule has 2 rings (SSSR count). The molecule has 1 aromatic carbocycles. The molecule has 1 aliphatic rings. The average molecular weight is 243 g/mol. The van der Waals surface area contributed by atoms with E-state index in [1.54, 1.807) is 12.1 Å². The summed E-state index contributed by atoms with van der Waals surface area (Å²) >= 11 is 0. The van der Waals surface area contributed by atoms with Gasteiger partial charge >= 0.3 is 0 Å². The molecule has 0 aromatic heterocycles. The van der Waals surface area contributed by atoms with Crippen LogP contribution < -0.4 is 4.90 Å². The zero-order valence-corrected chi connectivity index (χ0v) is 9.74. The number of carbonyl (C=O) groups excluding carboxylic acids is 2. The number of hydrogen-bond donors (Lipinski definition) is 1. The largest absolute Gasteiger partial charge is 0.396 e. The molecule has 0 saturated carbocycles. The molecule has 0 aliphatic carbocycles. The van der Waals surface area contributed by atoms with Crippen molar-refractivity contribution in [1.29, 1.82) is 0 Å². The van der Waals surface area contributed by atoms with Crippen molar-refractivity contribution in [3.05, 3.63) is 48.1 Å². The Bertz CT molecular complexity index is 496. The van der Waals surface area contributed by atoms with Crippen LogP contribution in [0.25, 0.3) is 6.08 Å². The number of nitrogens with zero attached hydrogens (tertiary/aromatic N) is 1. The highest BCUT2D eigenvalue weighted by Crippen LogP contribution is 2.19. The predicted octanol–water partition coefficient (Wildman–Crippen LogP) is 1.51. The average Bonchev–Trinajstić information content (AvgIpc) is 2.71. The summed E-state index contributed by atoms with van der Waals surface area (Å²) < 4.78 is 0. The van der Waals surface area contributed by atoms with Gasteiger partial charge in [-0.1, -0.05) is 24.3 Å². The molecule has 0 fully saturated rings. The lowest BCUT2D eigenvalue weighted by atomic mass is 10.1. The van der Waals surface area contributed by atoms with Crippen LogP contribution in [0.1, 0.15) is 12.0 Å². The molecule has 92 valence electrons. The molecule has 1 aliphatic heterocycles. The fourth-order valence-electron chi connectivity index (χ4n) is 1.68. The van der Waals surface area contributed by atoms with Crippen molar-refractivity contribution in [3.63, 3.8) is 0 Å². The lowest BCUT2D eigenvalue weighted by Crippen LogP contribution is -2.29. The number of carbonyl (C=O) groups is 2. The summed E-state index contributed by atoms with van der Waals surface area (Å²) in [6, 6.07) is 7.09. The summed E-state index contributed by atoms with van der Waals surface area (Å²) in [5, 5.41) is 8.65. The topological polar surface area (TPSA) is 57.6 Å². The molecular weight excluding hydrogens is 230 g/mol. The minimum Gasteiger partial charge on any atom is -0.396 e. The number of aliphatic hydroxyl groups is 1. The Morgan fingerprint density at radius 2 is 1.67 bits per heavy atom. The first-order valence-corrected chi connectivity index (χ1v) is 5.66. The molecule has 0 bridgehead atoms. The molecule has 0 saturated heterocycles. The van der Waals surface area contributed by atoms with E-state index in [-0.39, 0.29) is 18.4 Å². The van der Waals surface area contributed by atoms with Crippen LogP contribution in [0.5, 0.6) is 0 Å². The van der Waals surface area contributed by atoms with Crippen LogP contribution in [-0.4, -0.2) is 23.5 Å². The standard InChI is InChI=1S/C14H13NO3/c16-10-2-1-3-11-4-6-12(7-5-11)15-13(17)8-9-14(15)18/h1,3-9,16H,2,10H2. The van der Waals surface area contributed by atoms with E-state index >= 15 is 0 Å². The molecule has 2 amide bonds. The van der Waals surface area contributed by atoms with E-state index in [0.29, 0.717) is 12.1 Å². The van der Waals surface area contributed by atoms with Gasteiger partial charge in [0.2, 0.25) is 0 Å². The normalized spacial score (nSPS) is 15.1. The summed E-state index contributed by atoms with van der Waals surface area (Å²) in [6.45, 7) is 0.122. The van der Waals surface area contributed by atoms with Crippen LogP contribution in [-0.2, 0) is 9.59 Å². The van der Waals surface area contributed by atoms with E-state index in [0.717, 1.165) is 10.5 Å². The second-order valence-corrected chi connectivity index (χ2v) is 3.85. The van der Waals surface area contributed by atoms with E-state index in [1.807, 2.05) is 24.3 Å². The summed E-state index contributed by atoms with van der Waals surface area (Å²) in [4.78, 5) is 24.0. The number of amides is 2. The van der Waals surface area contributed by atoms with Gasteiger partial charge in [0.15, 0.2) is 0 Å². The summed E-state index contributed by atoms with van der Waals surface area (Å²) in [6.07, 6.45) is 6.87. The van der Waals surface area contributed by atoms with Gasteiger partial charge < -0.3 is 5.11 Å². The Morgan fingerprint density at radius 1 is 1.06 bits per heavy atom. The van der Waals surface area contributed by atoms with Gasteiger partial charge in [-0.25, -0.2) is 4.90 Å². The molecule has 1 aromatic rings. The summed E-state index contributed by atoms with van der Waals surface area (Å²) in [5.41, 5.74) is 1.52. The number of hydrogen-bond acceptors (Lipinski definition) is 3. The Hall–Kier alpha value is -2.20. The van der Waals surface area contributed by atoms with E-state index in [9.17, 15) is 9.59 Å². The molecular formula is C14H13NO3. The van der Waals surface area contributed by atoms with E-state index < -0.39 is 0 Å². The number of anilines is 1. The number of rotatable bonds is 4. The quantitative estimate of drug-likeness (QED) is 0.815. The highest BCUT2D eigenvalue weighted by Gasteiger charge is 2.24. The van der Waals surface area contributed by atoms with Gasteiger partial charge in [0.1, 0.15) is 0 Å². The molecule has 1 heterocycles. The first-order valence-electron chi connectivity index (χ1n) is 5.66. The highest BCUT2D eigenvalue weighted by atomic mass is 16.2. The van der Waals surface area contributed by atoms with Crippen molar-refractivity contribution in [3.8, 4) is 0 Å². The molecule has 0 atom stereocenters. The maximum Gasteiger partial charge on any atom is 0.258 e. The predicted molar refractivity (Wildman–Crippen MR) is 68.8 cm³/mol. The third-order valence-corrected chi connectivity index (χ3v) is 2.57. The Labute approximate surface area is 105 Å². The summed E-state index contributed by atoms with van der Waals surface area (Å²) in [5.74, 6) is -0.632. The third kappa shape index (κ3) is 2.55. The van der Waals surface area contributed by atoms with Gasteiger partial charge in [-0.05, 0) is 24.1 Å². The third-order valence-electron chi connectivity index (χ3n) is 2.57. The van der Waals surface area contributed by atoms with Crippen molar-refractivity contribution >= 4 is 23.6 Å². The highest BCUT2D eigenvalue weighted by molar-refractivity contribution is 6.28. The fraction of sp³-hybridized carbons (Fsp3) is 0.143. The molecule has 0 radical (unpaired) electrons. The number of aliphatic hydroxyl groups excluding tert-OH is 1. The minimum absolute atomic E-state index is 0.122. The Morgan fingerprint density at radius 3 is 2.22 bits per heavy atom. The molecule has 4 heteroatoms. The van der Waals surface area contributed by atoms with Crippen LogP contribution in [0.4, 0.5) is 5.69 Å². The van der Waals surface area contributed by atoms with Crippen LogP contribution >= 0.6 is 0 Å². The Balaban J connectivity index is 2.13. The molecule has 0 unspecified atom stereocenters. The molecule has 18 heavy (non-hydrogen) atoms. The van der Waals surface area contributed by atoms with Gasteiger partial charge in [-0.3, -0.25) is 9.59 Å². The number of imide groups is 1. The fourth-order valence-corrected chi connectivity index (χ4v) is 1.68. The van der Waals surface area contributed by atoms with E-state index in [2.05, 4.69) is 0 Å². The van der Waals surface area contributed by atoms with E-state index in [4.69, 9.17) is 5.11 Å². The lowest BCUT2D eigenvalue weighted by molar-refractivity contribution is -0.119. The van der Waals surface area contributed by atoms with Crippen LogP contribution in [0.15, 0.2) is 42.5 Å². The van der Waals surface area contributed by atoms with Crippen molar-refractivity contribution in [2.45, 2.75) is 6.42 Å². The molecule has 1 N–H and O–H groups in total. The molecule has 0 spiro atoms.